The van der Waals surface area contributed by atoms with E-state index in [-0.39, 0.29) is 11.1 Å². The lowest BCUT2D eigenvalue weighted by Crippen LogP contribution is -2.16. The maximum absolute atomic E-state index is 14.2. The normalized spacial score (nSPS) is 14.1. The number of nitrogens with zero attached hydrogens (tertiary/aromatic N) is 1. The lowest BCUT2D eigenvalue weighted by molar-refractivity contribution is -0.0875. The van der Waals surface area contributed by atoms with Gasteiger partial charge in [0.25, 0.3) is 0 Å². The summed E-state index contributed by atoms with van der Waals surface area (Å²) in [4.78, 5) is 4.30. The molecular weight excluding hydrogens is 371 g/mol. The first-order valence-corrected chi connectivity index (χ1v) is 9.29. The number of halogens is 3. The summed E-state index contributed by atoms with van der Waals surface area (Å²) in [6.07, 6.45) is 4.88. The standard InChI is InChI=1S/C25H24F3N/c1-5-12-18(6-2)21(7-3)24(25(26,27)28)22(8-4)19-13-11-14-20(17-19)23-15-9-10-16-29-23/h5-17H,3H2,1-2,4H3/b12-5-,18-6+,22-8-,24-21-. The third-order valence-corrected chi connectivity index (χ3v) is 4.42. The number of allylic oxidation sites excluding steroid dienone is 9. The molecule has 0 atom stereocenters. The molecule has 0 N–H and O–H groups in total. The first kappa shape index (κ1) is 22.2. The van der Waals surface area contributed by atoms with Gasteiger partial charge in [0.1, 0.15) is 0 Å². The summed E-state index contributed by atoms with van der Waals surface area (Å²) in [5.41, 5.74) is 1.84. The van der Waals surface area contributed by atoms with E-state index in [1.165, 1.54) is 12.2 Å². The summed E-state index contributed by atoms with van der Waals surface area (Å²) >= 11 is 0. The zero-order valence-corrected chi connectivity index (χ0v) is 16.8. The van der Waals surface area contributed by atoms with E-state index < -0.39 is 11.7 Å². The Morgan fingerprint density at radius 1 is 1.00 bits per heavy atom. The molecule has 4 heteroatoms. The first-order chi connectivity index (χ1) is 13.9. The zero-order chi connectivity index (χ0) is 21.4. The SMILES string of the molecule is C=CC(=C(\C(=C/C)c1cccc(-c2ccccn2)c1)C(F)(F)F)/C(/C=C\C)=C/C. The van der Waals surface area contributed by atoms with Crippen LogP contribution in [0.3, 0.4) is 0 Å². The van der Waals surface area contributed by atoms with E-state index in [2.05, 4.69) is 11.6 Å². The van der Waals surface area contributed by atoms with Gasteiger partial charge in [-0.05, 0) is 61.3 Å². The number of pyridine rings is 1. The molecular formula is C25H24F3N. The van der Waals surface area contributed by atoms with E-state index in [4.69, 9.17) is 0 Å². The largest absolute Gasteiger partial charge is 0.417 e. The van der Waals surface area contributed by atoms with E-state index in [0.717, 1.165) is 5.56 Å². The molecule has 150 valence electrons. The molecule has 0 spiro atoms. The van der Waals surface area contributed by atoms with Crippen LogP contribution in [0.15, 0.2) is 102 Å². The van der Waals surface area contributed by atoms with Crippen LogP contribution in [0.5, 0.6) is 0 Å². The molecule has 2 aromatic rings. The van der Waals surface area contributed by atoms with Crippen LogP contribution >= 0.6 is 0 Å². The Morgan fingerprint density at radius 3 is 2.28 bits per heavy atom. The highest BCUT2D eigenvalue weighted by Crippen LogP contribution is 2.41. The second-order valence-corrected chi connectivity index (χ2v) is 6.23. The quantitative estimate of drug-likeness (QED) is 0.456. The number of benzene rings is 1. The molecule has 1 aromatic heterocycles. The molecule has 0 radical (unpaired) electrons. The van der Waals surface area contributed by atoms with E-state index in [1.54, 1.807) is 69.5 Å². The van der Waals surface area contributed by atoms with Crippen molar-refractivity contribution in [1.82, 2.24) is 4.98 Å². The predicted octanol–water partition coefficient (Wildman–Crippen LogP) is 7.72. The topological polar surface area (TPSA) is 12.9 Å². The molecule has 0 saturated heterocycles. The Hall–Kier alpha value is -3.14. The van der Waals surface area contributed by atoms with E-state index in [1.807, 2.05) is 18.2 Å². The van der Waals surface area contributed by atoms with Crippen LogP contribution in [0.1, 0.15) is 26.3 Å². The summed E-state index contributed by atoms with van der Waals surface area (Å²) in [7, 11) is 0. The first-order valence-electron chi connectivity index (χ1n) is 9.29. The molecule has 29 heavy (non-hydrogen) atoms. The Kier molecular flexibility index (Phi) is 7.54. The fourth-order valence-electron chi connectivity index (χ4n) is 3.17. The van der Waals surface area contributed by atoms with E-state index in [9.17, 15) is 13.2 Å². The molecule has 0 fully saturated rings. The summed E-state index contributed by atoms with van der Waals surface area (Å²) < 4.78 is 42.7. The maximum atomic E-state index is 14.2. The van der Waals surface area contributed by atoms with Gasteiger partial charge in [-0.1, -0.05) is 61.2 Å². The summed E-state index contributed by atoms with van der Waals surface area (Å²) in [5, 5.41) is 0. The minimum absolute atomic E-state index is 0.0504. The Morgan fingerprint density at radius 2 is 1.76 bits per heavy atom. The fraction of sp³-hybridized carbons (Fsp3) is 0.160. The molecule has 2 rings (SSSR count). The number of alkyl halides is 3. The summed E-state index contributed by atoms with van der Waals surface area (Å²) in [6.45, 7) is 8.74. The highest BCUT2D eigenvalue weighted by Gasteiger charge is 2.38. The predicted molar refractivity (Wildman–Crippen MR) is 115 cm³/mol. The summed E-state index contributed by atoms with van der Waals surface area (Å²) in [6, 6.07) is 12.5. The number of hydrogen-bond donors (Lipinski definition) is 0. The average Bonchev–Trinajstić information content (AvgIpc) is 2.73. The van der Waals surface area contributed by atoms with Crippen molar-refractivity contribution in [2.24, 2.45) is 0 Å². The fourth-order valence-corrected chi connectivity index (χ4v) is 3.17. The number of hydrogen-bond acceptors (Lipinski definition) is 1. The van der Waals surface area contributed by atoms with Crippen molar-refractivity contribution in [3.63, 3.8) is 0 Å². The van der Waals surface area contributed by atoms with Crippen molar-refractivity contribution in [3.05, 3.63) is 108 Å². The van der Waals surface area contributed by atoms with Gasteiger partial charge in [-0.25, -0.2) is 0 Å². The third kappa shape index (κ3) is 5.23. The Bertz CT molecular complexity index is 975. The molecule has 1 aromatic carbocycles. The molecule has 0 aliphatic rings. The number of aromatic nitrogens is 1. The molecule has 0 amide bonds. The smallest absolute Gasteiger partial charge is 0.256 e. The van der Waals surface area contributed by atoms with Gasteiger partial charge in [-0.2, -0.15) is 13.2 Å². The third-order valence-electron chi connectivity index (χ3n) is 4.42. The molecule has 0 aliphatic heterocycles. The van der Waals surface area contributed by atoms with E-state index in [0.29, 0.717) is 16.8 Å². The van der Waals surface area contributed by atoms with Crippen LogP contribution in [-0.2, 0) is 0 Å². The summed E-state index contributed by atoms with van der Waals surface area (Å²) in [5.74, 6) is 0. The monoisotopic (exact) mass is 395 g/mol. The van der Waals surface area contributed by atoms with Crippen LogP contribution in [0.4, 0.5) is 13.2 Å². The molecule has 0 saturated carbocycles. The lowest BCUT2D eigenvalue weighted by Gasteiger charge is -2.20. The van der Waals surface area contributed by atoms with Crippen LogP contribution in [-0.4, -0.2) is 11.2 Å². The van der Waals surface area contributed by atoms with Gasteiger partial charge in [0.15, 0.2) is 0 Å². The van der Waals surface area contributed by atoms with Gasteiger partial charge in [0.05, 0.1) is 11.3 Å². The molecule has 0 unspecified atom stereocenters. The lowest BCUT2D eigenvalue weighted by atomic mass is 9.88. The van der Waals surface area contributed by atoms with Crippen LogP contribution < -0.4 is 0 Å². The highest BCUT2D eigenvalue weighted by atomic mass is 19.4. The highest BCUT2D eigenvalue weighted by molar-refractivity contribution is 5.85. The van der Waals surface area contributed by atoms with Gasteiger partial charge in [-0.3, -0.25) is 4.98 Å². The van der Waals surface area contributed by atoms with Crippen LogP contribution in [0.2, 0.25) is 0 Å². The van der Waals surface area contributed by atoms with Gasteiger partial charge in [0, 0.05) is 11.8 Å². The van der Waals surface area contributed by atoms with Gasteiger partial charge in [0.2, 0.25) is 0 Å². The van der Waals surface area contributed by atoms with Crippen molar-refractivity contribution in [2.75, 3.05) is 0 Å². The van der Waals surface area contributed by atoms with Crippen molar-refractivity contribution in [1.29, 1.82) is 0 Å². The van der Waals surface area contributed by atoms with Crippen LogP contribution in [0, 0.1) is 0 Å². The van der Waals surface area contributed by atoms with Crippen LogP contribution in [0.25, 0.3) is 16.8 Å². The van der Waals surface area contributed by atoms with Crippen molar-refractivity contribution >= 4 is 5.57 Å². The average molecular weight is 395 g/mol. The molecule has 1 heterocycles. The van der Waals surface area contributed by atoms with Crippen molar-refractivity contribution in [2.45, 2.75) is 26.9 Å². The van der Waals surface area contributed by atoms with Crippen molar-refractivity contribution < 1.29 is 13.2 Å². The second-order valence-electron chi connectivity index (χ2n) is 6.23. The maximum Gasteiger partial charge on any atom is 0.417 e. The second kappa shape index (κ2) is 9.87. The molecule has 0 bridgehead atoms. The van der Waals surface area contributed by atoms with E-state index >= 15 is 0 Å². The zero-order valence-electron chi connectivity index (χ0n) is 16.8. The van der Waals surface area contributed by atoms with Gasteiger partial charge < -0.3 is 0 Å². The Balaban J connectivity index is 2.74. The minimum atomic E-state index is -4.55. The van der Waals surface area contributed by atoms with Crippen molar-refractivity contribution in [3.8, 4) is 11.3 Å². The Labute approximate surface area is 170 Å². The number of rotatable bonds is 6. The minimum Gasteiger partial charge on any atom is -0.256 e. The van der Waals surface area contributed by atoms with Gasteiger partial charge in [-0.15, -0.1) is 0 Å². The molecule has 1 nitrogen and oxygen atoms in total. The van der Waals surface area contributed by atoms with Gasteiger partial charge >= 0.3 is 6.18 Å². The molecule has 0 aliphatic carbocycles.